The van der Waals surface area contributed by atoms with Gasteiger partial charge >= 0.3 is 6.18 Å². The minimum Gasteiger partial charge on any atom is -0.361 e. The molecule has 3 rings (SSSR count). The second-order valence-corrected chi connectivity index (χ2v) is 5.34. The van der Waals surface area contributed by atoms with E-state index in [4.69, 9.17) is 0 Å². The van der Waals surface area contributed by atoms with Crippen LogP contribution in [0.5, 0.6) is 0 Å². The minimum atomic E-state index is -4.47. The quantitative estimate of drug-likeness (QED) is 0.781. The molecule has 0 fully saturated rings. The molecule has 0 radical (unpaired) electrons. The van der Waals surface area contributed by atoms with Crippen LogP contribution in [0.2, 0.25) is 0 Å². The molecule has 0 bridgehead atoms. The van der Waals surface area contributed by atoms with Crippen molar-refractivity contribution in [2.24, 2.45) is 0 Å². The largest absolute Gasteiger partial charge is 0.416 e. The van der Waals surface area contributed by atoms with E-state index >= 15 is 0 Å². The molecule has 0 saturated heterocycles. The molecule has 0 aliphatic heterocycles. The molecule has 1 aromatic heterocycles. The maximum Gasteiger partial charge on any atom is 0.416 e. The smallest absolute Gasteiger partial charge is 0.361 e. The Bertz CT molecular complexity index is 921. The second-order valence-electron chi connectivity index (χ2n) is 5.34. The van der Waals surface area contributed by atoms with Crippen LogP contribution in [-0.2, 0) is 12.7 Å². The van der Waals surface area contributed by atoms with E-state index in [2.05, 4.69) is 10.3 Å². The van der Waals surface area contributed by atoms with E-state index in [-0.39, 0.29) is 11.5 Å². The van der Waals surface area contributed by atoms with Crippen molar-refractivity contribution in [3.8, 4) is 5.69 Å². The van der Waals surface area contributed by atoms with E-state index in [0.29, 0.717) is 6.54 Å². The summed E-state index contributed by atoms with van der Waals surface area (Å²) < 4.78 is 39.7. The number of anilines is 1. The highest BCUT2D eigenvalue weighted by molar-refractivity contribution is 5.41. The Labute approximate surface area is 141 Å². The number of aromatic nitrogens is 2. The molecule has 25 heavy (non-hydrogen) atoms. The summed E-state index contributed by atoms with van der Waals surface area (Å²) >= 11 is 0. The lowest BCUT2D eigenvalue weighted by Gasteiger charge is -2.12. The summed E-state index contributed by atoms with van der Waals surface area (Å²) in [6.07, 6.45) is -1.76. The van der Waals surface area contributed by atoms with Gasteiger partial charge in [-0.3, -0.25) is 9.36 Å². The molecule has 0 unspecified atom stereocenters. The third-order valence-electron chi connectivity index (χ3n) is 3.60. The zero-order valence-electron chi connectivity index (χ0n) is 13.0. The molecule has 1 N–H and O–H groups in total. The fourth-order valence-corrected chi connectivity index (χ4v) is 2.35. The average Bonchev–Trinajstić information content (AvgIpc) is 2.61. The summed E-state index contributed by atoms with van der Waals surface area (Å²) in [6, 6.07) is 14.0. The summed E-state index contributed by atoms with van der Waals surface area (Å²) in [6.45, 7) is 0.385. The highest BCUT2D eigenvalue weighted by Gasteiger charge is 2.30. The maximum absolute atomic E-state index is 12.9. The number of hydrogen-bond acceptors (Lipinski definition) is 3. The van der Waals surface area contributed by atoms with Crippen molar-refractivity contribution >= 4 is 5.82 Å². The van der Waals surface area contributed by atoms with Gasteiger partial charge in [0.1, 0.15) is 0 Å². The predicted octanol–water partition coefficient (Wildman–Crippen LogP) is 3.86. The Morgan fingerprint density at radius 2 is 1.80 bits per heavy atom. The molecule has 1 heterocycles. The van der Waals surface area contributed by atoms with Gasteiger partial charge in [-0.25, -0.2) is 4.98 Å². The molecule has 3 aromatic rings. The monoisotopic (exact) mass is 345 g/mol. The molecule has 0 saturated carbocycles. The van der Waals surface area contributed by atoms with Crippen molar-refractivity contribution in [3.05, 3.63) is 88.5 Å². The number of rotatable bonds is 4. The molecule has 0 atom stereocenters. The van der Waals surface area contributed by atoms with Gasteiger partial charge in [0, 0.05) is 24.6 Å². The average molecular weight is 345 g/mol. The van der Waals surface area contributed by atoms with Crippen molar-refractivity contribution in [1.29, 1.82) is 0 Å². The molecule has 128 valence electrons. The number of benzene rings is 2. The topological polar surface area (TPSA) is 46.9 Å². The van der Waals surface area contributed by atoms with Crippen molar-refractivity contribution < 1.29 is 13.2 Å². The number of hydrogen-bond donors (Lipinski definition) is 1. The van der Waals surface area contributed by atoms with Crippen molar-refractivity contribution in [2.45, 2.75) is 12.7 Å². The van der Waals surface area contributed by atoms with Crippen LogP contribution in [0, 0.1) is 0 Å². The van der Waals surface area contributed by atoms with Crippen LogP contribution < -0.4 is 10.9 Å². The predicted molar refractivity (Wildman–Crippen MR) is 88.6 cm³/mol. The second kappa shape index (κ2) is 6.80. The fourth-order valence-electron chi connectivity index (χ4n) is 2.35. The summed E-state index contributed by atoms with van der Waals surface area (Å²) in [5.41, 5.74) is -0.242. The Morgan fingerprint density at radius 1 is 1.04 bits per heavy atom. The molecule has 0 spiro atoms. The maximum atomic E-state index is 12.9. The van der Waals surface area contributed by atoms with Gasteiger partial charge in [0.15, 0.2) is 5.82 Å². The number of alkyl halides is 3. The molecular formula is C18H14F3N3O. The number of nitrogens with zero attached hydrogens (tertiary/aromatic N) is 2. The summed E-state index contributed by atoms with van der Waals surface area (Å²) in [4.78, 5) is 16.5. The first-order valence-electron chi connectivity index (χ1n) is 7.48. The lowest BCUT2D eigenvalue weighted by Crippen LogP contribution is -2.23. The van der Waals surface area contributed by atoms with Gasteiger partial charge in [-0.05, 0) is 23.8 Å². The Kier molecular flexibility index (Phi) is 4.56. The molecule has 0 aliphatic carbocycles. The van der Waals surface area contributed by atoms with Crippen molar-refractivity contribution in [1.82, 2.24) is 9.55 Å². The number of halogens is 3. The van der Waals surface area contributed by atoms with E-state index in [1.54, 1.807) is 0 Å². The Hall–Kier alpha value is -3.09. The normalized spacial score (nSPS) is 11.3. The van der Waals surface area contributed by atoms with E-state index < -0.39 is 17.3 Å². The van der Waals surface area contributed by atoms with Crippen LogP contribution in [0.15, 0.2) is 71.8 Å². The first-order chi connectivity index (χ1) is 11.9. The van der Waals surface area contributed by atoms with Crippen molar-refractivity contribution in [2.75, 3.05) is 5.32 Å². The van der Waals surface area contributed by atoms with Crippen LogP contribution in [0.3, 0.4) is 0 Å². The van der Waals surface area contributed by atoms with Crippen LogP contribution in [0.4, 0.5) is 19.0 Å². The van der Waals surface area contributed by atoms with E-state index in [1.807, 2.05) is 30.3 Å². The van der Waals surface area contributed by atoms with Gasteiger partial charge in [0.05, 0.1) is 5.56 Å². The fraction of sp³-hybridized carbons (Fsp3) is 0.111. The summed E-state index contributed by atoms with van der Waals surface area (Å²) in [7, 11) is 0. The van der Waals surface area contributed by atoms with E-state index in [9.17, 15) is 18.0 Å². The lowest BCUT2D eigenvalue weighted by molar-refractivity contribution is -0.137. The molecular weight excluding hydrogens is 331 g/mol. The van der Waals surface area contributed by atoms with E-state index in [0.717, 1.165) is 22.3 Å². The van der Waals surface area contributed by atoms with E-state index in [1.165, 1.54) is 24.5 Å². The first kappa shape index (κ1) is 16.8. The first-order valence-corrected chi connectivity index (χ1v) is 7.48. The van der Waals surface area contributed by atoms with Crippen LogP contribution in [0.1, 0.15) is 11.1 Å². The van der Waals surface area contributed by atoms with Crippen LogP contribution in [0.25, 0.3) is 5.69 Å². The van der Waals surface area contributed by atoms with Gasteiger partial charge in [0.2, 0.25) is 0 Å². The third-order valence-corrected chi connectivity index (χ3v) is 3.60. The van der Waals surface area contributed by atoms with Crippen LogP contribution in [-0.4, -0.2) is 9.55 Å². The molecule has 4 nitrogen and oxygen atoms in total. The van der Waals surface area contributed by atoms with Gasteiger partial charge in [-0.1, -0.05) is 36.4 Å². The van der Waals surface area contributed by atoms with Gasteiger partial charge < -0.3 is 5.32 Å². The lowest BCUT2D eigenvalue weighted by atomic mass is 10.2. The SMILES string of the molecule is O=c1c(NCc2ccccc2)nccn1-c1cccc(C(F)(F)F)c1. The van der Waals surface area contributed by atoms with Crippen LogP contribution >= 0.6 is 0 Å². The highest BCUT2D eigenvalue weighted by Crippen LogP contribution is 2.30. The molecule has 7 heteroatoms. The summed E-state index contributed by atoms with van der Waals surface area (Å²) in [5, 5.41) is 2.92. The number of nitrogens with one attached hydrogen (secondary N) is 1. The zero-order valence-corrected chi connectivity index (χ0v) is 13.0. The van der Waals surface area contributed by atoms with Gasteiger partial charge in [-0.15, -0.1) is 0 Å². The highest BCUT2D eigenvalue weighted by atomic mass is 19.4. The van der Waals surface area contributed by atoms with Crippen molar-refractivity contribution in [3.63, 3.8) is 0 Å². The molecule has 0 aliphatic rings. The van der Waals surface area contributed by atoms with Gasteiger partial charge in [0.25, 0.3) is 5.56 Å². The standard InChI is InChI=1S/C18H14F3N3O/c19-18(20,21)14-7-4-8-15(11-14)24-10-9-22-16(17(24)25)23-12-13-5-2-1-3-6-13/h1-11H,12H2,(H,22,23). The zero-order chi connectivity index (χ0) is 17.9. The van der Waals surface area contributed by atoms with Gasteiger partial charge in [-0.2, -0.15) is 13.2 Å². The third kappa shape index (κ3) is 3.88. The Balaban J connectivity index is 1.90. The summed E-state index contributed by atoms with van der Waals surface area (Å²) in [5.74, 6) is 0.0729. The Morgan fingerprint density at radius 3 is 2.52 bits per heavy atom. The molecule has 0 amide bonds. The molecule has 2 aromatic carbocycles. The minimum absolute atomic E-state index is 0.0729.